The summed E-state index contributed by atoms with van der Waals surface area (Å²) in [5.41, 5.74) is -0.225. The summed E-state index contributed by atoms with van der Waals surface area (Å²) < 4.78 is 5.38. The molecule has 1 saturated heterocycles. The molecule has 1 saturated carbocycles. The number of carbonyl (C=O) groups is 2. The van der Waals surface area contributed by atoms with Crippen molar-refractivity contribution in [3.05, 3.63) is 33.7 Å². The Kier molecular flexibility index (Phi) is 6.62. The van der Waals surface area contributed by atoms with E-state index >= 15 is 0 Å². The van der Waals surface area contributed by atoms with E-state index in [-0.39, 0.29) is 11.9 Å². The number of aliphatic hydroxyl groups is 1. The van der Waals surface area contributed by atoms with Crippen molar-refractivity contribution in [2.24, 2.45) is 5.92 Å². The molecule has 7 heteroatoms. The van der Waals surface area contributed by atoms with Crippen LogP contribution in [-0.2, 0) is 9.59 Å². The maximum atomic E-state index is 12.1. The highest BCUT2D eigenvalue weighted by Crippen LogP contribution is 2.32. The monoisotopic (exact) mass is 395 g/mol. The second-order valence-corrected chi connectivity index (χ2v) is 8.19. The van der Waals surface area contributed by atoms with E-state index in [0.717, 1.165) is 18.2 Å². The summed E-state index contributed by atoms with van der Waals surface area (Å²) in [6, 6.07) is 4.99. The molecule has 1 aliphatic carbocycles. The van der Waals surface area contributed by atoms with Gasteiger partial charge in [0.05, 0.1) is 9.93 Å². The lowest BCUT2D eigenvalue weighted by atomic mass is 9.86. The van der Waals surface area contributed by atoms with Crippen LogP contribution < -0.4 is 10.1 Å². The lowest BCUT2D eigenvalue weighted by Crippen LogP contribution is -2.23. The Bertz CT molecular complexity index is 715. The molecular formula is C19H22ClNO4S. The Morgan fingerprint density at radius 2 is 2.12 bits per heavy atom. The van der Waals surface area contributed by atoms with Gasteiger partial charge >= 0.3 is 5.97 Å². The summed E-state index contributed by atoms with van der Waals surface area (Å²) in [5.74, 6) is 0.367. The lowest BCUT2D eigenvalue weighted by molar-refractivity contribution is -0.134. The van der Waals surface area contributed by atoms with Gasteiger partial charge in [-0.15, -0.1) is 0 Å². The lowest BCUT2D eigenvalue weighted by Gasteiger charge is -2.20. The SMILES string of the molecule is O=C(CCC1CCCCC1)Oc1ccc(/C=C2\SC(O)NC2=O)cc1Cl. The first-order valence-corrected chi connectivity index (χ1v) is 10.1. The van der Waals surface area contributed by atoms with Crippen LogP contribution in [0.25, 0.3) is 6.08 Å². The fraction of sp³-hybridized carbons (Fsp3) is 0.474. The number of carbonyl (C=O) groups excluding carboxylic acids is 2. The molecule has 2 N–H and O–H groups in total. The van der Waals surface area contributed by atoms with E-state index in [2.05, 4.69) is 5.32 Å². The van der Waals surface area contributed by atoms with Crippen LogP contribution in [0.15, 0.2) is 23.1 Å². The average Bonchev–Trinajstić information content (AvgIpc) is 2.93. The molecule has 2 aliphatic rings. The normalized spacial score (nSPS) is 22.5. The molecule has 1 amide bonds. The van der Waals surface area contributed by atoms with Crippen LogP contribution in [0.4, 0.5) is 0 Å². The second kappa shape index (κ2) is 8.93. The third-order valence-corrected chi connectivity index (χ3v) is 5.87. The third-order valence-electron chi connectivity index (χ3n) is 4.68. The first-order valence-electron chi connectivity index (χ1n) is 8.89. The minimum atomic E-state index is -0.923. The van der Waals surface area contributed by atoms with Crippen molar-refractivity contribution in [1.82, 2.24) is 5.32 Å². The van der Waals surface area contributed by atoms with Crippen LogP contribution in [-0.4, -0.2) is 22.5 Å². The summed E-state index contributed by atoms with van der Waals surface area (Å²) in [4.78, 5) is 24.1. The van der Waals surface area contributed by atoms with Crippen molar-refractivity contribution < 1.29 is 19.4 Å². The number of amides is 1. The predicted molar refractivity (Wildman–Crippen MR) is 103 cm³/mol. The molecule has 0 spiro atoms. The van der Waals surface area contributed by atoms with Crippen molar-refractivity contribution in [3.8, 4) is 5.75 Å². The van der Waals surface area contributed by atoms with Crippen LogP contribution in [0.3, 0.4) is 0 Å². The molecule has 5 nitrogen and oxygen atoms in total. The van der Waals surface area contributed by atoms with Gasteiger partial charge in [0.15, 0.2) is 5.56 Å². The van der Waals surface area contributed by atoms with E-state index in [0.29, 0.717) is 33.6 Å². The van der Waals surface area contributed by atoms with Crippen molar-refractivity contribution >= 4 is 41.3 Å². The zero-order chi connectivity index (χ0) is 18.5. The Morgan fingerprint density at radius 1 is 1.35 bits per heavy atom. The van der Waals surface area contributed by atoms with E-state index in [9.17, 15) is 14.7 Å². The fourth-order valence-electron chi connectivity index (χ4n) is 3.30. The number of nitrogens with one attached hydrogen (secondary N) is 1. The molecule has 0 aromatic heterocycles. The number of benzene rings is 1. The van der Waals surface area contributed by atoms with E-state index in [1.165, 1.54) is 32.1 Å². The molecule has 1 atom stereocenters. The van der Waals surface area contributed by atoms with E-state index in [1.54, 1.807) is 24.3 Å². The molecule has 3 rings (SSSR count). The number of hydrogen-bond donors (Lipinski definition) is 2. The smallest absolute Gasteiger partial charge is 0.311 e. The summed E-state index contributed by atoms with van der Waals surface area (Å²) in [5, 5.41) is 12.1. The maximum absolute atomic E-state index is 12.1. The molecule has 2 fully saturated rings. The van der Waals surface area contributed by atoms with Crippen LogP contribution in [0.2, 0.25) is 5.02 Å². The van der Waals surface area contributed by atoms with Gasteiger partial charge in [0.25, 0.3) is 5.91 Å². The van der Waals surface area contributed by atoms with Gasteiger partial charge in [0.1, 0.15) is 5.75 Å². The molecule has 0 bridgehead atoms. The van der Waals surface area contributed by atoms with Crippen LogP contribution in [0, 0.1) is 5.92 Å². The molecule has 1 aromatic carbocycles. The Labute approximate surface area is 162 Å². The highest BCUT2D eigenvalue weighted by atomic mass is 35.5. The molecule has 1 aromatic rings. The Hall–Kier alpha value is -1.50. The van der Waals surface area contributed by atoms with Gasteiger partial charge in [-0.25, -0.2) is 0 Å². The summed E-state index contributed by atoms with van der Waals surface area (Å²) in [6.45, 7) is 0. The van der Waals surface area contributed by atoms with Crippen molar-refractivity contribution in [2.75, 3.05) is 0 Å². The summed E-state index contributed by atoms with van der Waals surface area (Å²) in [6.07, 6.45) is 9.15. The predicted octanol–water partition coefficient (Wildman–Crippen LogP) is 4.09. The Morgan fingerprint density at radius 3 is 2.77 bits per heavy atom. The number of halogens is 1. The highest BCUT2D eigenvalue weighted by molar-refractivity contribution is 8.05. The van der Waals surface area contributed by atoms with Gasteiger partial charge < -0.3 is 15.2 Å². The number of rotatable bonds is 5. The zero-order valence-corrected chi connectivity index (χ0v) is 15.9. The van der Waals surface area contributed by atoms with Crippen LogP contribution >= 0.6 is 23.4 Å². The summed E-state index contributed by atoms with van der Waals surface area (Å²) in [7, 11) is 0. The van der Waals surface area contributed by atoms with Gasteiger partial charge in [-0.3, -0.25) is 9.59 Å². The van der Waals surface area contributed by atoms with Crippen LogP contribution in [0.1, 0.15) is 50.5 Å². The largest absolute Gasteiger partial charge is 0.425 e. The number of aliphatic hydroxyl groups excluding tert-OH is 1. The van der Waals surface area contributed by atoms with Gasteiger partial charge in [0.2, 0.25) is 0 Å². The van der Waals surface area contributed by atoms with Crippen molar-refractivity contribution in [1.29, 1.82) is 0 Å². The Balaban J connectivity index is 1.56. The average molecular weight is 396 g/mol. The zero-order valence-electron chi connectivity index (χ0n) is 14.4. The molecule has 140 valence electrons. The van der Waals surface area contributed by atoms with E-state index < -0.39 is 5.56 Å². The molecule has 0 radical (unpaired) electrons. The summed E-state index contributed by atoms with van der Waals surface area (Å²) >= 11 is 7.25. The second-order valence-electron chi connectivity index (χ2n) is 6.66. The quantitative estimate of drug-likeness (QED) is 0.446. The van der Waals surface area contributed by atoms with E-state index in [1.807, 2.05) is 0 Å². The van der Waals surface area contributed by atoms with E-state index in [4.69, 9.17) is 16.3 Å². The number of ether oxygens (including phenoxy) is 1. The van der Waals surface area contributed by atoms with Gasteiger partial charge in [-0.1, -0.05) is 61.5 Å². The van der Waals surface area contributed by atoms with Crippen molar-refractivity contribution in [3.63, 3.8) is 0 Å². The molecule has 26 heavy (non-hydrogen) atoms. The first-order chi connectivity index (χ1) is 12.5. The van der Waals surface area contributed by atoms with Gasteiger partial charge in [0, 0.05) is 6.42 Å². The number of thioether (sulfide) groups is 1. The highest BCUT2D eigenvalue weighted by Gasteiger charge is 2.25. The molecular weight excluding hydrogens is 374 g/mol. The topological polar surface area (TPSA) is 75.6 Å². The number of hydrogen-bond acceptors (Lipinski definition) is 5. The minimum Gasteiger partial charge on any atom is -0.425 e. The van der Waals surface area contributed by atoms with Gasteiger partial charge in [-0.05, 0) is 36.1 Å². The van der Waals surface area contributed by atoms with Crippen molar-refractivity contribution in [2.45, 2.75) is 50.5 Å². The fourth-order valence-corrected chi connectivity index (χ4v) is 4.30. The molecule has 1 unspecified atom stereocenters. The molecule has 1 aliphatic heterocycles. The molecule has 1 heterocycles. The minimum absolute atomic E-state index is 0.266. The third kappa shape index (κ3) is 5.25. The maximum Gasteiger partial charge on any atom is 0.311 e. The van der Waals surface area contributed by atoms with Crippen LogP contribution in [0.5, 0.6) is 5.75 Å². The van der Waals surface area contributed by atoms with Gasteiger partial charge in [-0.2, -0.15) is 0 Å². The first kappa shape index (κ1) is 19.3. The number of esters is 1. The standard InChI is InChI=1S/C19H22ClNO4S/c20-14-10-13(11-16-18(23)21-19(24)26-16)6-8-15(14)25-17(22)9-7-12-4-2-1-3-5-12/h6,8,10-12,19,24H,1-5,7,9H2,(H,21,23)/b16-11-.